The molecule has 115 heavy (non-hydrogen) atoms. The highest BCUT2D eigenvalue weighted by atomic mass is 35.5. The Morgan fingerprint density at radius 1 is 0.504 bits per heavy atom. The van der Waals surface area contributed by atoms with E-state index in [0.29, 0.717) is 111 Å². The van der Waals surface area contributed by atoms with Gasteiger partial charge < -0.3 is 64.2 Å². The molecule has 0 bridgehead atoms. The molecule has 0 unspecified atom stereocenters. The molecule has 614 valence electrons. The van der Waals surface area contributed by atoms with Crippen LogP contribution in [0.5, 0.6) is 40.5 Å². The number of hydrogen-bond acceptors (Lipinski definition) is 25. The number of piperidine rings is 3. The number of rotatable bonds is 19. The second-order valence-corrected chi connectivity index (χ2v) is 33.0. The highest BCUT2D eigenvalue weighted by Crippen LogP contribution is 2.41. The number of nitrogens with one attached hydrogen (secondary N) is 2. The number of methoxy groups -OCH3 is 2. The first-order chi connectivity index (χ1) is 53.8. The van der Waals surface area contributed by atoms with Crippen LogP contribution in [0.4, 0.5) is 27.0 Å². The zero-order valence-corrected chi connectivity index (χ0v) is 71.4. The number of carbonyl (C=O) groups is 2. The van der Waals surface area contributed by atoms with Crippen LogP contribution in [0.2, 0.25) is 20.2 Å². The molecular weight excluding hydrogens is 1600 g/mol. The predicted octanol–water partition coefficient (Wildman–Crippen LogP) is 16.3. The van der Waals surface area contributed by atoms with Crippen molar-refractivity contribution in [3.05, 3.63) is 158 Å². The molecule has 10 aromatic rings. The van der Waals surface area contributed by atoms with Crippen LogP contribution in [0.15, 0.2) is 109 Å². The molecule has 12 heterocycles. The maximum absolute atomic E-state index is 12.2. The van der Waals surface area contributed by atoms with Crippen molar-refractivity contribution in [3.63, 3.8) is 0 Å². The fourth-order valence-electron chi connectivity index (χ4n) is 13.0. The van der Waals surface area contributed by atoms with Gasteiger partial charge in [0, 0.05) is 89.1 Å². The summed E-state index contributed by atoms with van der Waals surface area (Å²) in [6, 6.07) is 20.6. The molecular formula is C80H98Cl6N20O9. The average molecular weight is 1700 g/mol. The lowest BCUT2D eigenvalue weighted by Gasteiger charge is -2.40. The minimum absolute atomic E-state index is 0. The summed E-state index contributed by atoms with van der Waals surface area (Å²) >= 11 is 25.2. The number of carbonyl (C=O) groups excluding carboxylic acids is 2. The first-order valence-corrected chi connectivity index (χ1v) is 38.9. The molecule has 8 aromatic heterocycles. The third-order valence-corrected chi connectivity index (χ3v) is 21.8. The molecule has 3 fully saturated rings. The SMILES string of the molecule is COc1ccc(Cn2nc(Oc3ccnc(C)c3Cl)c3ncc(N4CCC(C)(CNC(=O)OC(C)(C)C)CC4)nc32)cc1.COc1ccc(Cn2nc(Oc3ccnc(Cl)c3Cl)c3ncc(N4CCC(C)(CNC(=O)OC(C)(C)C)CC4)nc32)cc1.Cc1nccc(OC2=NCc3nc(N4CCC(C)(CN)CC4)cnc32)c1Cl.Cl.Cl. The van der Waals surface area contributed by atoms with Crippen molar-refractivity contribution in [1.82, 2.24) is 75.1 Å². The quantitative estimate of drug-likeness (QED) is 0.0633. The first-order valence-electron chi connectivity index (χ1n) is 37.4. The summed E-state index contributed by atoms with van der Waals surface area (Å²) in [6.07, 6.45) is 14.9. The van der Waals surface area contributed by atoms with Crippen LogP contribution in [0, 0.1) is 30.1 Å². The van der Waals surface area contributed by atoms with Crippen molar-refractivity contribution < 1.29 is 42.7 Å². The number of aromatic nitrogens is 13. The van der Waals surface area contributed by atoms with Crippen molar-refractivity contribution in [2.45, 2.75) is 146 Å². The van der Waals surface area contributed by atoms with E-state index in [1.165, 1.54) is 6.20 Å². The number of amides is 2. The molecule has 0 spiro atoms. The van der Waals surface area contributed by atoms with Gasteiger partial charge in [-0.05, 0) is 152 Å². The lowest BCUT2D eigenvalue weighted by atomic mass is 9.80. The Kier molecular flexibility index (Phi) is 28.6. The maximum Gasteiger partial charge on any atom is 0.407 e. The van der Waals surface area contributed by atoms with Gasteiger partial charge in [-0.3, -0.25) is 9.97 Å². The standard InChI is InChI=1S/C31H38ClN7O4.C30H35Cl2N7O4.C19H23ClN6O.2ClH/c1-20-25(32)23(11-14-33-20)42-28-26-27(39(37-28)18-21-7-9-22(41-6)10-8-21)36-24(17-34-26)38-15-12-31(5,13-16-38)19-35-29(40)43-30(2,3)4;1-29(2,3)43-28(40)35-18-30(4)11-14-38(15-12-30)22-16-34-24-26(36-22)39(17-19-6-8-20(41-5)9-7-19)37-27(24)42-21-10-13-33-25(32)23(21)31;1-12-16(20)14(3-6-22-12)27-18-17-13(9-24-18)25-15(10-23-17)26-7-4-19(2,11-21)5-8-26;;/h7-11,14,17H,12-13,15-16,18-19H2,1-6H3,(H,35,40);6-10,13,16H,11-12,14-15,17-18H2,1-5H3,(H,35,40);3,6,10H,4-5,7-9,11,21H2,1-2H3;2*1H. The van der Waals surface area contributed by atoms with E-state index in [9.17, 15) is 9.59 Å². The van der Waals surface area contributed by atoms with E-state index < -0.39 is 17.3 Å². The highest BCUT2D eigenvalue weighted by Gasteiger charge is 2.36. The highest BCUT2D eigenvalue weighted by molar-refractivity contribution is 6.42. The number of hydrogen-bond donors (Lipinski definition) is 3. The fraction of sp³-hybridized carbons (Fsp3) is 0.450. The van der Waals surface area contributed by atoms with Crippen molar-refractivity contribution in [3.8, 4) is 40.5 Å². The molecule has 4 N–H and O–H groups in total. The Balaban J connectivity index is 0.000000186. The van der Waals surface area contributed by atoms with E-state index in [4.69, 9.17) is 120 Å². The minimum Gasteiger partial charge on any atom is -0.497 e. The van der Waals surface area contributed by atoms with Gasteiger partial charge in [-0.2, -0.15) is 0 Å². The smallest absolute Gasteiger partial charge is 0.407 e. The summed E-state index contributed by atoms with van der Waals surface area (Å²) in [6.45, 7) is 29.5. The molecule has 0 saturated carbocycles. The van der Waals surface area contributed by atoms with Crippen molar-refractivity contribution in [2.75, 3.05) is 87.8 Å². The molecule has 3 saturated heterocycles. The molecule has 0 radical (unpaired) electrons. The first kappa shape index (κ1) is 87.8. The van der Waals surface area contributed by atoms with Gasteiger partial charge in [0.05, 0.1) is 69.5 Å². The van der Waals surface area contributed by atoms with E-state index in [1.54, 1.807) is 72.8 Å². The number of nitrogens with zero attached hydrogens (tertiary/aromatic N) is 17. The van der Waals surface area contributed by atoms with Crippen LogP contribution in [0.3, 0.4) is 0 Å². The number of aliphatic imine (C=N–C) groups is 1. The van der Waals surface area contributed by atoms with Crippen molar-refractivity contribution in [2.24, 2.45) is 27.0 Å². The number of benzene rings is 2. The van der Waals surface area contributed by atoms with E-state index >= 15 is 0 Å². The molecule has 2 amide bonds. The van der Waals surface area contributed by atoms with E-state index in [2.05, 4.69) is 71.0 Å². The van der Waals surface area contributed by atoms with Gasteiger partial charge in [-0.15, -0.1) is 35.0 Å². The van der Waals surface area contributed by atoms with Crippen molar-refractivity contribution in [1.29, 1.82) is 0 Å². The van der Waals surface area contributed by atoms with Gasteiger partial charge in [0.1, 0.15) is 60.9 Å². The third-order valence-electron chi connectivity index (χ3n) is 20.2. The summed E-state index contributed by atoms with van der Waals surface area (Å²) in [5, 5.41) is 16.6. The van der Waals surface area contributed by atoms with Gasteiger partial charge in [0.2, 0.25) is 5.90 Å². The van der Waals surface area contributed by atoms with E-state index in [0.717, 1.165) is 130 Å². The lowest BCUT2D eigenvalue weighted by Crippen LogP contribution is -2.46. The number of pyridine rings is 3. The zero-order chi connectivity index (χ0) is 80.6. The van der Waals surface area contributed by atoms with Crippen molar-refractivity contribution >= 4 is 129 Å². The number of ether oxygens (including phenoxy) is 7. The number of fused-ring (bicyclic) bond motifs is 3. The normalized spacial score (nSPS) is 15.4. The molecule has 4 aliphatic rings. The monoisotopic (exact) mass is 1690 g/mol. The second kappa shape index (κ2) is 37.5. The largest absolute Gasteiger partial charge is 0.497 e. The molecule has 0 atom stereocenters. The number of anilines is 3. The Morgan fingerprint density at radius 2 is 0.887 bits per heavy atom. The number of nitrogens with two attached hydrogens (primary N) is 1. The number of alkyl carbamates (subject to hydrolysis) is 2. The van der Waals surface area contributed by atoms with Gasteiger partial charge in [-0.1, -0.05) is 91.4 Å². The van der Waals surface area contributed by atoms with Gasteiger partial charge in [0.15, 0.2) is 44.7 Å². The second-order valence-electron chi connectivity index (χ2n) is 31.5. The Morgan fingerprint density at radius 3 is 1.30 bits per heavy atom. The third kappa shape index (κ3) is 22.3. The summed E-state index contributed by atoms with van der Waals surface area (Å²) in [7, 11) is 3.28. The topological polar surface area (TPSA) is 323 Å². The summed E-state index contributed by atoms with van der Waals surface area (Å²) in [5.74, 6) is 6.25. The summed E-state index contributed by atoms with van der Waals surface area (Å²) < 4.78 is 43.1. The van der Waals surface area contributed by atoms with Crippen LogP contribution < -0.4 is 54.8 Å². The zero-order valence-electron chi connectivity index (χ0n) is 66.7. The molecule has 14 rings (SSSR count). The Bertz CT molecular complexity index is 4820. The van der Waals surface area contributed by atoms with Crippen LogP contribution in [-0.4, -0.2) is 167 Å². The summed E-state index contributed by atoms with van der Waals surface area (Å²) in [5.41, 5.74) is 12.1. The predicted molar refractivity (Wildman–Crippen MR) is 451 cm³/mol. The molecule has 4 aliphatic heterocycles. The van der Waals surface area contributed by atoms with Gasteiger partial charge >= 0.3 is 12.2 Å². The molecule has 0 aliphatic carbocycles. The Hall–Kier alpha value is -9.62. The number of halogens is 6. The lowest BCUT2D eigenvalue weighted by molar-refractivity contribution is 0.0485. The van der Waals surface area contributed by atoms with Crippen LogP contribution in [-0.2, 0) is 29.1 Å². The molecule has 2 aromatic carbocycles. The Labute approximate surface area is 701 Å². The van der Waals surface area contributed by atoms with Gasteiger partial charge in [0.25, 0.3) is 11.8 Å². The van der Waals surface area contributed by atoms with Crippen LogP contribution in [0.25, 0.3) is 22.3 Å². The minimum atomic E-state index is -0.534. The molecule has 35 heteroatoms. The fourth-order valence-corrected chi connectivity index (χ4v) is 13.6. The van der Waals surface area contributed by atoms with Gasteiger partial charge in [-0.25, -0.2) is 58.8 Å². The summed E-state index contributed by atoms with van der Waals surface area (Å²) in [4.78, 5) is 76.7. The maximum atomic E-state index is 12.2. The number of aryl methyl sites for hydroxylation is 2. The van der Waals surface area contributed by atoms with E-state index in [-0.39, 0.29) is 63.2 Å². The van der Waals surface area contributed by atoms with Crippen LogP contribution in [0.1, 0.15) is 135 Å². The molecule has 29 nitrogen and oxygen atoms in total. The van der Waals surface area contributed by atoms with E-state index in [1.807, 2.05) is 104 Å². The average Bonchev–Trinajstić information content (AvgIpc) is 1.69. The van der Waals surface area contributed by atoms with Crippen LogP contribution >= 0.6 is 71.2 Å².